The first-order valence-electron chi connectivity index (χ1n) is 7.37. The van der Waals surface area contributed by atoms with Crippen molar-refractivity contribution in [3.8, 4) is 0 Å². The Kier molecular flexibility index (Phi) is 4.49. The molecule has 1 atom stereocenters. The van der Waals surface area contributed by atoms with Gasteiger partial charge in [-0.05, 0) is 44.0 Å². The molecule has 3 heterocycles. The molecule has 2 aromatic rings. The zero-order valence-electron chi connectivity index (χ0n) is 12.8. The van der Waals surface area contributed by atoms with E-state index in [2.05, 4.69) is 14.9 Å². The van der Waals surface area contributed by atoms with E-state index in [0.29, 0.717) is 5.69 Å². The van der Waals surface area contributed by atoms with Gasteiger partial charge in [-0.3, -0.25) is 9.88 Å². The summed E-state index contributed by atoms with van der Waals surface area (Å²) in [4.78, 5) is 23.7. The van der Waals surface area contributed by atoms with E-state index in [1.807, 2.05) is 31.5 Å². The predicted molar refractivity (Wildman–Crippen MR) is 84.8 cm³/mol. The number of thiazole rings is 1. The molecule has 22 heavy (non-hydrogen) atoms. The van der Waals surface area contributed by atoms with Gasteiger partial charge in [-0.1, -0.05) is 0 Å². The molecule has 0 aliphatic carbocycles. The summed E-state index contributed by atoms with van der Waals surface area (Å²) in [6.45, 7) is 3.87. The third-order valence-corrected chi connectivity index (χ3v) is 5.05. The average Bonchev–Trinajstić information content (AvgIpc) is 3.14. The van der Waals surface area contributed by atoms with E-state index in [1.165, 1.54) is 12.7 Å². The minimum Gasteiger partial charge on any atom is -0.464 e. The first-order chi connectivity index (χ1) is 10.7. The molecule has 5 nitrogen and oxygen atoms in total. The molecular formula is C16H19N3O2S. The number of esters is 1. The lowest BCUT2D eigenvalue weighted by Gasteiger charge is -2.22. The highest BCUT2D eigenvalue weighted by Gasteiger charge is 2.30. The Morgan fingerprint density at radius 2 is 2.23 bits per heavy atom. The van der Waals surface area contributed by atoms with Crippen LogP contribution in [0.4, 0.5) is 0 Å². The molecule has 1 saturated heterocycles. The molecule has 116 valence electrons. The van der Waals surface area contributed by atoms with Crippen LogP contribution in [0.3, 0.4) is 0 Å². The van der Waals surface area contributed by atoms with E-state index >= 15 is 0 Å². The monoisotopic (exact) mass is 317 g/mol. The van der Waals surface area contributed by atoms with Gasteiger partial charge in [0.05, 0.1) is 13.2 Å². The van der Waals surface area contributed by atoms with Crippen LogP contribution in [0.5, 0.6) is 0 Å². The van der Waals surface area contributed by atoms with Crippen LogP contribution in [-0.4, -0.2) is 34.5 Å². The fraction of sp³-hybridized carbons (Fsp3) is 0.438. The van der Waals surface area contributed by atoms with E-state index in [-0.39, 0.29) is 12.0 Å². The second-order valence-electron chi connectivity index (χ2n) is 5.43. The zero-order valence-corrected chi connectivity index (χ0v) is 13.6. The summed E-state index contributed by atoms with van der Waals surface area (Å²) in [5, 5.41) is 1.02. The summed E-state index contributed by atoms with van der Waals surface area (Å²) in [5.74, 6) is -0.348. The number of hydrogen-bond acceptors (Lipinski definition) is 6. The molecule has 0 radical (unpaired) electrons. The highest BCUT2D eigenvalue weighted by molar-refractivity contribution is 7.11. The number of carbonyl (C=O) groups is 1. The number of nitrogens with zero attached hydrogens (tertiary/aromatic N) is 3. The van der Waals surface area contributed by atoms with E-state index in [9.17, 15) is 4.79 Å². The molecule has 1 aliphatic heterocycles. The van der Waals surface area contributed by atoms with Gasteiger partial charge in [0.25, 0.3) is 0 Å². The summed E-state index contributed by atoms with van der Waals surface area (Å²) in [6, 6.07) is 4.38. The average molecular weight is 317 g/mol. The summed E-state index contributed by atoms with van der Waals surface area (Å²) >= 11 is 1.60. The number of aromatic nitrogens is 2. The van der Waals surface area contributed by atoms with E-state index in [1.54, 1.807) is 11.3 Å². The van der Waals surface area contributed by atoms with Crippen molar-refractivity contribution < 1.29 is 9.53 Å². The van der Waals surface area contributed by atoms with Crippen molar-refractivity contribution >= 4 is 17.3 Å². The van der Waals surface area contributed by atoms with Crippen LogP contribution < -0.4 is 0 Å². The largest absolute Gasteiger partial charge is 0.464 e. The maximum atomic E-state index is 11.7. The third kappa shape index (κ3) is 3.03. The highest BCUT2D eigenvalue weighted by atomic mass is 32.1. The molecule has 0 spiro atoms. The lowest BCUT2D eigenvalue weighted by Crippen LogP contribution is -2.22. The van der Waals surface area contributed by atoms with Crippen molar-refractivity contribution in [1.29, 1.82) is 0 Å². The fourth-order valence-electron chi connectivity index (χ4n) is 2.86. The number of hydrogen-bond donors (Lipinski definition) is 0. The summed E-state index contributed by atoms with van der Waals surface area (Å²) < 4.78 is 4.80. The Bertz CT molecular complexity index is 657. The van der Waals surface area contributed by atoms with Crippen molar-refractivity contribution in [1.82, 2.24) is 14.9 Å². The van der Waals surface area contributed by atoms with Crippen molar-refractivity contribution in [3.63, 3.8) is 0 Å². The number of rotatable bonds is 4. The smallest absolute Gasteiger partial charge is 0.357 e. The van der Waals surface area contributed by atoms with Crippen molar-refractivity contribution in [2.24, 2.45) is 0 Å². The summed E-state index contributed by atoms with van der Waals surface area (Å²) in [5.41, 5.74) is 1.71. The first-order valence-corrected chi connectivity index (χ1v) is 8.19. The second-order valence-corrected chi connectivity index (χ2v) is 6.67. The number of pyridine rings is 1. The fourth-order valence-corrected chi connectivity index (χ4v) is 3.94. The quantitative estimate of drug-likeness (QED) is 0.812. The minimum absolute atomic E-state index is 0.287. The molecule has 1 fully saturated rings. The van der Waals surface area contributed by atoms with Gasteiger partial charge in [0.1, 0.15) is 5.01 Å². The summed E-state index contributed by atoms with van der Waals surface area (Å²) in [7, 11) is 1.39. The van der Waals surface area contributed by atoms with Gasteiger partial charge in [0.2, 0.25) is 0 Å². The van der Waals surface area contributed by atoms with Crippen molar-refractivity contribution in [3.05, 3.63) is 45.7 Å². The predicted octanol–water partition coefficient (Wildman–Crippen LogP) is 2.97. The van der Waals surface area contributed by atoms with Crippen LogP contribution in [0.2, 0.25) is 0 Å². The highest BCUT2D eigenvalue weighted by Crippen LogP contribution is 2.36. The Morgan fingerprint density at radius 1 is 1.45 bits per heavy atom. The number of aryl methyl sites for hydroxylation is 1. The standard InChI is InChI=1S/C16H19N3O2S/c1-11-14(16(20)21-2)18-15(22-11)13-4-3-9-19(13)10-12-5-7-17-8-6-12/h5-8,13H,3-4,9-10H2,1-2H3/t13-/m1/s1. The van der Waals surface area contributed by atoms with Crippen LogP contribution in [-0.2, 0) is 11.3 Å². The van der Waals surface area contributed by atoms with Gasteiger partial charge in [0, 0.05) is 23.8 Å². The molecule has 0 amide bonds. The van der Waals surface area contributed by atoms with Gasteiger partial charge in [-0.15, -0.1) is 11.3 Å². The van der Waals surface area contributed by atoms with E-state index in [4.69, 9.17) is 4.74 Å². The van der Waals surface area contributed by atoms with Gasteiger partial charge in [0.15, 0.2) is 5.69 Å². The van der Waals surface area contributed by atoms with E-state index < -0.39 is 0 Å². The Morgan fingerprint density at radius 3 is 2.95 bits per heavy atom. The Labute approximate surface area is 134 Å². The molecule has 3 rings (SSSR count). The molecule has 1 aliphatic rings. The van der Waals surface area contributed by atoms with Gasteiger partial charge in [-0.25, -0.2) is 9.78 Å². The lowest BCUT2D eigenvalue weighted by molar-refractivity contribution is 0.0593. The van der Waals surface area contributed by atoms with Crippen LogP contribution in [0.25, 0.3) is 0 Å². The van der Waals surface area contributed by atoms with E-state index in [0.717, 1.165) is 35.8 Å². The number of methoxy groups -OCH3 is 1. The Balaban J connectivity index is 1.80. The van der Waals surface area contributed by atoms with Crippen LogP contribution in [0.1, 0.15) is 44.8 Å². The maximum absolute atomic E-state index is 11.7. The number of carbonyl (C=O) groups excluding carboxylic acids is 1. The van der Waals surface area contributed by atoms with Crippen LogP contribution >= 0.6 is 11.3 Å². The van der Waals surface area contributed by atoms with Gasteiger partial charge in [-0.2, -0.15) is 0 Å². The van der Waals surface area contributed by atoms with Gasteiger partial charge >= 0.3 is 5.97 Å². The molecule has 0 N–H and O–H groups in total. The molecule has 6 heteroatoms. The number of likely N-dealkylation sites (tertiary alicyclic amines) is 1. The lowest BCUT2D eigenvalue weighted by atomic mass is 10.2. The topological polar surface area (TPSA) is 55.3 Å². The molecule has 0 bridgehead atoms. The second kappa shape index (κ2) is 6.54. The first kappa shape index (κ1) is 15.1. The molecule has 2 aromatic heterocycles. The van der Waals surface area contributed by atoms with Crippen molar-refractivity contribution in [2.45, 2.75) is 32.4 Å². The molecule has 0 saturated carbocycles. The summed E-state index contributed by atoms with van der Waals surface area (Å²) in [6.07, 6.45) is 5.88. The Hall–Kier alpha value is -1.79. The van der Waals surface area contributed by atoms with Gasteiger partial charge < -0.3 is 4.74 Å². The zero-order chi connectivity index (χ0) is 15.5. The molecule has 0 aromatic carbocycles. The normalized spacial score (nSPS) is 18.5. The maximum Gasteiger partial charge on any atom is 0.357 e. The van der Waals surface area contributed by atoms with Crippen LogP contribution in [0, 0.1) is 6.92 Å². The number of ether oxygens (including phenoxy) is 1. The van der Waals surface area contributed by atoms with Crippen LogP contribution in [0.15, 0.2) is 24.5 Å². The third-order valence-electron chi connectivity index (χ3n) is 3.98. The minimum atomic E-state index is -0.348. The SMILES string of the molecule is COC(=O)c1nc([C@H]2CCCN2Cc2ccncc2)sc1C. The van der Waals surface area contributed by atoms with Crippen molar-refractivity contribution in [2.75, 3.05) is 13.7 Å². The molecule has 0 unspecified atom stereocenters. The molecular weight excluding hydrogens is 298 g/mol.